The van der Waals surface area contributed by atoms with Crippen LogP contribution < -0.4 is 5.32 Å². The average molecular weight is 173 g/mol. The minimum absolute atomic E-state index is 0. The minimum Gasteiger partial charge on any atom is -0.356 e. The molecule has 0 aromatic rings. The van der Waals surface area contributed by atoms with Crippen LogP contribution in [-0.2, 0) is 4.79 Å². The van der Waals surface area contributed by atoms with E-state index in [4.69, 9.17) is 0 Å². The van der Waals surface area contributed by atoms with Gasteiger partial charge in [-0.25, -0.2) is 0 Å². The third-order valence-electron chi connectivity index (χ3n) is 1.83. The van der Waals surface area contributed by atoms with Gasteiger partial charge < -0.3 is 5.32 Å². The Morgan fingerprint density at radius 2 is 2.00 bits per heavy atom. The first kappa shape index (κ1) is 11.5. The minimum atomic E-state index is 0. The monoisotopic (exact) mass is 173 g/mol. The van der Waals surface area contributed by atoms with Crippen LogP contribution in [0.5, 0.6) is 0 Å². The highest BCUT2D eigenvalue weighted by Gasteiger charge is 1.94. The first-order valence-electron chi connectivity index (χ1n) is 4.87. The number of amides is 1. The number of hydrogen-bond acceptors (Lipinski definition) is 1. The molecule has 0 saturated heterocycles. The molecule has 0 aliphatic heterocycles. The lowest BCUT2D eigenvalue weighted by atomic mass is 10.1. The van der Waals surface area contributed by atoms with Gasteiger partial charge in [-0.2, -0.15) is 0 Å². The fraction of sp³-hybridized carbons (Fsp3) is 0.900. The molecular formula is C10H23NO. The summed E-state index contributed by atoms with van der Waals surface area (Å²) in [6.07, 6.45) is 4.95. The Kier molecular flexibility index (Phi) is 6.82. The molecule has 0 atom stereocenters. The quantitative estimate of drug-likeness (QED) is 0.615. The number of hydrogen-bond donors (Lipinski definition) is 1. The van der Waals surface area contributed by atoms with Crippen molar-refractivity contribution in [2.45, 2.75) is 46.5 Å². The van der Waals surface area contributed by atoms with Gasteiger partial charge >= 0.3 is 0 Å². The average Bonchev–Trinajstić information content (AvgIpc) is 1.95. The first-order chi connectivity index (χ1) is 5.63. The predicted octanol–water partition coefficient (Wildman–Crippen LogP) is 2.58. The Bertz CT molecular complexity index is 126. The standard InChI is InChI=1S/C10H21NO.H2/c1-9(2)7-5-4-6-8-11-10(3)12;/h9H,4-8H2,1-3H3,(H,11,12);1H. The van der Waals surface area contributed by atoms with Crippen LogP contribution in [-0.4, -0.2) is 12.5 Å². The van der Waals surface area contributed by atoms with E-state index in [1.807, 2.05) is 0 Å². The topological polar surface area (TPSA) is 29.1 Å². The van der Waals surface area contributed by atoms with Crippen LogP contribution in [0, 0.1) is 5.92 Å². The second kappa shape index (κ2) is 7.14. The van der Waals surface area contributed by atoms with E-state index in [9.17, 15) is 4.79 Å². The van der Waals surface area contributed by atoms with Crippen LogP contribution in [0.1, 0.15) is 47.9 Å². The number of unbranched alkanes of at least 4 members (excludes halogenated alkanes) is 2. The van der Waals surface area contributed by atoms with Gasteiger partial charge in [-0.15, -0.1) is 0 Å². The van der Waals surface area contributed by atoms with Crippen molar-refractivity contribution in [2.24, 2.45) is 5.92 Å². The molecule has 0 spiro atoms. The highest BCUT2D eigenvalue weighted by Crippen LogP contribution is 2.07. The van der Waals surface area contributed by atoms with Gasteiger partial charge in [0.25, 0.3) is 0 Å². The van der Waals surface area contributed by atoms with E-state index in [0.717, 1.165) is 18.9 Å². The molecule has 0 aromatic carbocycles. The van der Waals surface area contributed by atoms with Gasteiger partial charge in [-0.1, -0.05) is 33.1 Å². The van der Waals surface area contributed by atoms with E-state index in [-0.39, 0.29) is 7.33 Å². The Balaban J connectivity index is 0. The summed E-state index contributed by atoms with van der Waals surface area (Å²) in [5, 5.41) is 2.79. The molecule has 0 aliphatic carbocycles. The maximum Gasteiger partial charge on any atom is 0.216 e. The maximum atomic E-state index is 10.5. The summed E-state index contributed by atoms with van der Waals surface area (Å²) in [6, 6.07) is 0. The van der Waals surface area contributed by atoms with E-state index in [1.54, 1.807) is 6.92 Å². The molecule has 2 nitrogen and oxygen atoms in total. The first-order valence-corrected chi connectivity index (χ1v) is 4.87. The third-order valence-corrected chi connectivity index (χ3v) is 1.83. The summed E-state index contributed by atoms with van der Waals surface area (Å²) in [5.74, 6) is 0.893. The molecule has 0 aliphatic rings. The van der Waals surface area contributed by atoms with Gasteiger partial charge in [0.15, 0.2) is 0 Å². The van der Waals surface area contributed by atoms with Crippen molar-refractivity contribution in [1.29, 1.82) is 0 Å². The molecule has 0 unspecified atom stereocenters. The predicted molar refractivity (Wildman–Crippen MR) is 54.1 cm³/mol. The van der Waals surface area contributed by atoms with E-state index >= 15 is 0 Å². The van der Waals surface area contributed by atoms with Gasteiger partial charge in [0.2, 0.25) is 5.91 Å². The zero-order valence-corrected chi connectivity index (χ0v) is 8.52. The number of rotatable bonds is 6. The Morgan fingerprint density at radius 3 is 2.50 bits per heavy atom. The summed E-state index contributed by atoms with van der Waals surface area (Å²) in [4.78, 5) is 10.5. The maximum absolute atomic E-state index is 10.5. The van der Waals surface area contributed by atoms with Crippen LogP contribution in [0.25, 0.3) is 0 Å². The molecule has 0 heterocycles. The second-order valence-electron chi connectivity index (χ2n) is 3.73. The number of nitrogens with one attached hydrogen (secondary N) is 1. The largest absolute Gasteiger partial charge is 0.356 e. The van der Waals surface area contributed by atoms with Gasteiger partial charge in [0, 0.05) is 14.9 Å². The smallest absolute Gasteiger partial charge is 0.216 e. The van der Waals surface area contributed by atoms with Crippen molar-refractivity contribution < 1.29 is 6.22 Å². The van der Waals surface area contributed by atoms with Gasteiger partial charge in [-0.3, -0.25) is 4.79 Å². The lowest BCUT2D eigenvalue weighted by molar-refractivity contribution is -0.118. The molecular weight excluding hydrogens is 150 g/mol. The molecule has 0 bridgehead atoms. The Labute approximate surface area is 77.2 Å². The summed E-state index contributed by atoms with van der Waals surface area (Å²) in [7, 11) is 0. The van der Waals surface area contributed by atoms with Crippen LogP contribution in [0.2, 0.25) is 0 Å². The molecule has 2 heteroatoms. The molecule has 0 aromatic heterocycles. The fourth-order valence-electron chi connectivity index (χ4n) is 1.12. The van der Waals surface area contributed by atoms with Crippen molar-refractivity contribution >= 4 is 5.91 Å². The SMILES string of the molecule is CC(=O)NCCCCCC(C)C.[HH]. The van der Waals surface area contributed by atoms with Crippen LogP contribution in [0.4, 0.5) is 0 Å². The van der Waals surface area contributed by atoms with Crippen molar-refractivity contribution in [1.82, 2.24) is 5.32 Å². The van der Waals surface area contributed by atoms with Crippen LogP contribution >= 0.6 is 0 Å². The van der Waals surface area contributed by atoms with Crippen molar-refractivity contribution in [2.75, 3.05) is 6.54 Å². The number of carbonyl (C=O) groups excluding carboxylic acids is 1. The Hall–Kier alpha value is -0.530. The zero-order chi connectivity index (χ0) is 9.40. The second-order valence-corrected chi connectivity index (χ2v) is 3.73. The summed E-state index contributed by atoms with van der Waals surface area (Å²) in [6.45, 7) is 6.89. The normalized spacial score (nSPS) is 10.3. The van der Waals surface area contributed by atoms with Crippen molar-refractivity contribution in [3.63, 3.8) is 0 Å². The fourth-order valence-corrected chi connectivity index (χ4v) is 1.12. The highest BCUT2D eigenvalue weighted by atomic mass is 16.1. The van der Waals surface area contributed by atoms with Gasteiger partial charge in [0.05, 0.1) is 0 Å². The van der Waals surface area contributed by atoms with E-state index in [0.29, 0.717) is 0 Å². The molecule has 0 rings (SSSR count). The summed E-state index contributed by atoms with van der Waals surface area (Å²) in [5.41, 5.74) is 0. The van der Waals surface area contributed by atoms with Gasteiger partial charge in [-0.05, 0) is 12.3 Å². The molecule has 0 radical (unpaired) electrons. The van der Waals surface area contributed by atoms with Crippen molar-refractivity contribution in [3.8, 4) is 0 Å². The third kappa shape index (κ3) is 9.47. The van der Waals surface area contributed by atoms with Crippen LogP contribution in [0.15, 0.2) is 0 Å². The number of carbonyl (C=O) groups is 1. The van der Waals surface area contributed by atoms with Crippen LogP contribution in [0.3, 0.4) is 0 Å². The lowest BCUT2D eigenvalue weighted by Crippen LogP contribution is -2.20. The molecule has 0 fully saturated rings. The van der Waals surface area contributed by atoms with E-state index in [1.165, 1.54) is 19.3 Å². The molecule has 0 saturated carbocycles. The lowest BCUT2D eigenvalue weighted by Gasteiger charge is -2.04. The molecule has 74 valence electrons. The Morgan fingerprint density at radius 1 is 1.33 bits per heavy atom. The van der Waals surface area contributed by atoms with E-state index < -0.39 is 0 Å². The molecule has 12 heavy (non-hydrogen) atoms. The molecule has 1 N–H and O–H groups in total. The highest BCUT2D eigenvalue weighted by molar-refractivity contribution is 5.72. The van der Waals surface area contributed by atoms with E-state index in [2.05, 4.69) is 19.2 Å². The van der Waals surface area contributed by atoms with Gasteiger partial charge in [0.1, 0.15) is 0 Å². The summed E-state index contributed by atoms with van der Waals surface area (Å²) >= 11 is 0. The summed E-state index contributed by atoms with van der Waals surface area (Å²) < 4.78 is 0. The van der Waals surface area contributed by atoms with Crippen molar-refractivity contribution in [3.05, 3.63) is 0 Å². The zero-order valence-electron chi connectivity index (χ0n) is 8.52. The molecule has 1 amide bonds.